The Hall–Kier alpha value is -4.51. The van der Waals surface area contributed by atoms with Crippen LogP contribution in [0.1, 0.15) is 11.1 Å². The lowest BCUT2D eigenvalue weighted by atomic mass is 9.78. The van der Waals surface area contributed by atoms with Crippen molar-refractivity contribution in [3.8, 4) is 34.5 Å². The van der Waals surface area contributed by atoms with Crippen LogP contribution < -0.4 is 10.9 Å². The monoisotopic (exact) mass is 626 g/mol. The van der Waals surface area contributed by atoms with E-state index in [2.05, 4.69) is 0 Å². The van der Waals surface area contributed by atoms with Crippen LogP contribution >= 0.6 is 22.6 Å². The highest BCUT2D eigenvalue weighted by Gasteiger charge is 2.34. The van der Waals surface area contributed by atoms with Gasteiger partial charge >= 0.3 is 0 Å². The average Bonchev–Trinajstić information content (AvgIpc) is 2.86. The number of phenols is 6. The number of fused-ring (bicyclic) bond motifs is 2. The molecule has 0 heterocycles. The zero-order chi connectivity index (χ0) is 27.6. The molecule has 0 spiro atoms. The Morgan fingerprint density at radius 1 is 0.436 bits per heavy atom. The topological polar surface area (TPSA) is 156 Å². The van der Waals surface area contributed by atoms with Gasteiger partial charge in [0.2, 0.25) is 0 Å². The van der Waals surface area contributed by atoms with Crippen LogP contribution in [0.15, 0.2) is 27.8 Å². The van der Waals surface area contributed by atoms with Gasteiger partial charge in [0.05, 0.1) is 25.1 Å². The fraction of sp³-hybridized carbons (Fsp3) is 0.0667. The predicted molar refractivity (Wildman–Crippen MR) is 158 cm³/mol. The molecule has 8 aromatic rings. The van der Waals surface area contributed by atoms with Gasteiger partial charge in [0.15, 0.2) is 10.9 Å². The first-order chi connectivity index (χ1) is 18.5. The van der Waals surface area contributed by atoms with Gasteiger partial charge in [0.1, 0.15) is 34.5 Å². The van der Waals surface area contributed by atoms with Crippen LogP contribution in [0.5, 0.6) is 34.5 Å². The molecule has 0 atom stereocenters. The molecule has 39 heavy (non-hydrogen) atoms. The lowest BCUT2D eigenvalue weighted by molar-refractivity contribution is 0.446. The molecule has 6 N–H and O–H groups in total. The minimum Gasteiger partial charge on any atom is -0.507 e. The summed E-state index contributed by atoms with van der Waals surface area (Å²) in [5.41, 5.74) is 0.174. The third-order valence-corrected chi connectivity index (χ3v) is 9.37. The van der Waals surface area contributed by atoms with Gasteiger partial charge in [-0.2, -0.15) is 0 Å². The molecule has 8 nitrogen and oxygen atoms in total. The number of aryl methyl sites for hydroxylation is 2. The molecule has 9 heteroatoms. The van der Waals surface area contributed by atoms with Crippen LogP contribution in [-0.2, 0) is 0 Å². The summed E-state index contributed by atoms with van der Waals surface area (Å²) in [5.74, 6) is -2.69. The number of halogens is 1. The number of hydrogen-bond donors (Lipinski definition) is 6. The Labute approximate surface area is 229 Å². The van der Waals surface area contributed by atoms with E-state index in [9.17, 15) is 40.2 Å². The highest BCUT2D eigenvalue weighted by Crippen LogP contribution is 2.60. The van der Waals surface area contributed by atoms with E-state index in [4.69, 9.17) is 0 Å². The molecule has 0 bridgehead atoms. The molecule has 0 amide bonds. The quantitative estimate of drug-likeness (QED) is 0.0713. The fourth-order valence-electron chi connectivity index (χ4n) is 7.00. The third kappa shape index (κ3) is 2.18. The third-order valence-electron chi connectivity index (χ3n) is 8.35. The van der Waals surface area contributed by atoms with Crippen molar-refractivity contribution in [1.82, 2.24) is 0 Å². The first-order valence-corrected chi connectivity index (χ1v) is 13.0. The van der Waals surface area contributed by atoms with Crippen molar-refractivity contribution in [2.75, 3.05) is 0 Å². The van der Waals surface area contributed by atoms with Gasteiger partial charge in [0, 0.05) is 49.2 Å². The lowest BCUT2D eigenvalue weighted by Gasteiger charge is -2.26. The Kier molecular flexibility index (Phi) is 3.77. The summed E-state index contributed by atoms with van der Waals surface area (Å²) in [6.45, 7) is 3.48. The van der Waals surface area contributed by atoms with Gasteiger partial charge in [-0.25, -0.2) is 0 Å². The van der Waals surface area contributed by atoms with Crippen LogP contribution in [0.2, 0.25) is 0 Å². The summed E-state index contributed by atoms with van der Waals surface area (Å²) in [5, 5.41) is 70.5. The summed E-state index contributed by atoms with van der Waals surface area (Å²) in [6, 6.07) is 3.78. The van der Waals surface area contributed by atoms with Gasteiger partial charge in [-0.05, 0) is 70.5 Å². The van der Waals surface area contributed by atoms with Gasteiger partial charge in [0.25, 0.3) is 0 Å². The number of aromatic hydroxyl groups is 6. The second-order valence-corrected chi connectivity index (χ2v) is 11.3. The van der Waals surface area contributed by atoms with Crippen LogP contribution in [0.4, 0.5) is 0 Å². The second-order valence-electron chi connectivity index (χ2n) is 10.3. The Bertz CT molecular complexity index is 2570. The predicted octanol–water partition coefficient (Wildman–Crippen LogP) is 5.69. The van der Waals surface area contributed by atoms with Gasteiger partial charge < -0.3 is 30.6 Å². The Balaban J connectivity index is 2.04. The van der Waals surface area contributed by atoms with Crippen LogP contribution in [-0.4, -0.2) is 30.6 Å². The average molecular weight is 626 g/mol. The van der Waals surface area contributed by atoms with E-state index in [1.165, 1.54) is 12.1 Å². The largest absolute Gasteiger partial charge is 0.507 e. The van der Waals surface area contributed by atoms with E-state index >= 15 is 0 Å². The maximum absolute atomic E-state index is 13.4. The smallest absolute Gasteiger partial charge is 0.190 e. The summed E-state index contributed by atoms with van der Waals surface area (Å²) >= 11 is 1.71. The molecule has 0 fully saturated rings. The minimum atomic E-state index is -0.483. The van der Waals surface area contributed by atoms with Gasteiger partial charge in [-0.3, -0.25) is 9.59 Å². The molecule has 0 saturated carbocycles. The van der Waals surface area contributed by atoms with Crippen molar-refractivity contribution in [3.63, 3.8) is 0 Å². The summed E-state index contributed by atoms with van der Waals surface area (Å²) in [4.78, 5) is 26.8. The van der Waals surface area contributed by atoms with Crippen molar-refractivity contribution >= 4 is 98.0 Å². The number of rotatable bonds is 0. The van der Waals surface area contributed by atoms with E-state index in [1.54, 1.807) is 36.4 Å². The molecule has 0 aliphatic carbocycles. The Morgan fingerprint density at radius 3 is 1.36 bits per heavy atom. The maximum atomic E-state index is 13.4. The Morgan fingerprint density at radius 2 is 0.821 bits per heavy atom. The van der Waals surface area contributed by atoms with Crippen molar-refractivity contribution in [3.05, 3.63) is 53.3 Å². The first kappa shape index (κ1) is 22.5. The van der Waals surface area contributed by atoms with E-state index in [0.717, 1.165) is 6.07 Å². The zero-order valence-electron chi connectivity index (χ0n) is 20.1. The molecule has 0 saturated heterocycles. The SMILES string of the molecule is Cc1cc(=O)c2c(O)c3c(O)cc(O)c4c5c(O)c([123I])c(O)c6c(O)c7c(=O)cc(C)c8c1c2c(c34)c(c65)c78. The van der Waals surface area contributed by atoms with Crippen molar-refractivity contribution < 1.29 is 30.6 Å². The molecule has 8 aromatic carbocycles. The number of benzene rings is 8. The lowest BCUT2D eigenvalue weighted by Crippen LogP contribution is -2.08. The van der Waals surface area contributed by atoms with Crippen molar-refractivity contribution in [2.24, 2.45) is 0 Å². The highest BCUT2D eigenvalue weighted by atomic mass is 123. The molecule has 8 rings (SSSR count). The molecule has 190 valence electrons. The maximum Gasteiger partial charge on any atom is 0.190 e. The zero-order valence-corrected chi connectivity index (χ0v) is 22.3. The fourth-order valence-corrected chi connectivity index (χ4v) is 7.54. The summed E-state index contributed by atoms with van der Waals surface area (Å²) in [6.07, 6.45) is 0. The molecular formula is C30H15IO8. The van der Waals surface area contributed by atoms with Crippen LogP contribution in [0.3, 0.4) is 0 Å². The normalized spacial score (nSPS) is 12.8. The van der Waals surface area contributed by atoms with E-state index in [1.807, 2.05) is 0 Å². The standard InChI is InChI=1S/C30H15IO8/c1-6-3-8(32)15-18-12(6)13-7(2)4-9(33)16-19(13)22-21(18)20-14(10(34)5-11(35)17(20)27(15)36)24-23(22)25(28(16)37)30(39)26(31)29(24)38/h3-5,34-39H,1-2H3/i31-4. The van der Waals surface area contributed by atoms with E-state index < -0.39 is 39.6 Å². The van der Waals surface area contributed by atoms with Crippen molar-refractivity contribution in [1.29, 1.82) is 0 Å². The number of hydrogen-bond acceptors (Lipinski definition) is 8. The number of phenolic OH excluding ortho intramolecular Hbond substituents is 6. The van der Waals surface area contributed by atoms with Crippen LogP contribution in [0, 0.1) is 17.4 Å². The molecule has 0 unspecified atom stereocenters. The van der Waals surface area contributed by atoms with E-state index in [-0.39, 0.29) is 52.4 Å². The van der Waals surface area contributed by atoms with Gasteiger partial charge in [-0.1, -0.05) is 0 Å². The van der Waals surface area contributed by atoms with Crippen LogP contribution in [0.25, 0.3) is 75.4 Å². The highest BCUT2D eigenvalue weighted by molar-refractivity contribution is 14.1. The first-order valence-electron chi connectivity index (χ1n) is 11.9. The van der Waals surface area contributed by atoms with Crippen molar-refractivity contribution in [2.45, 2.75) is 13.8 Å². The summed E-state index contributed by atoms with van der Waals surface area (Å²) < 4.78 is -0.0278. The van der Waals surface area contributed by atoms with Gasteiger partial charge in [-0.15, -0.1) is 0 Å². The molecule has 0 aromatic heterocycles. The molecule has 0 aliphatic rings. The van der Waals surface area contributed by atoms with E-state index in [0.29, 0.717) is 43.4 Å². The molecule has 0 aliphatic heterocycles. The molecular weight excluding hydrogens is 611 g/mol. The summed E-state index contributed by atoms with van der Waals surface area (Å²) in [7, 11) is 0. The second kappa shape index (κ2) is 6.55. The molecule has 0 radical (unpaired) electrons. The minimum absolute atomic E-state index is 0.0278.